The van der Waals surface area contributed by atoms with E-state index >= 15 is 0 Å². The first-order valence-electron chi connectivity index (χ1n) is 9.06. The van der Waals surface area contributed by atoms with E-state index in [1.807, 2.05) is 0 Å². The number of hydrogen-bond acceptors (Lipinski definition) is 4. The van der Waals surface area contributed by atoms with E-state index < -0.39 is 0 Å². The van der Waals surface area contributed by atoms with Gasteiger partial charge < -0.3 is 0 Å². The van der Waals surface area contributed by atoms with Crippen LogP contribution < -0.4 is 0 Å². The van der Waals surface area contributed by atoms with Gasteiger partial charge in [0.1, 0.15) is 22.8 Å². The third-order valence-corrected chi connectivity index (χ3v) is 14.3. The Hall–Kier alpha value is 1.60. The van der Waals surface area contributed by atoms with E-state index in [0.29, 0.717) is 70.1 Å². The van der Waals surface area contributed by atoms with Crippen LogP contribution in [0.3, 0.4) is 0 Å². The van der Waals surface area contributed by atoms with E-state index in [1.165, 1.54) is 0 Å². The van der Waals surface area contributed by atoms with Crippen LogP contribution in [0.15, 0.2) is 98.7 Å². The van der Waals surface area contributed by atoms with Crippen LogP contribution >= 0.6 is 174 Å². The SMILES string of the molecule is ClC1=C(Cl)C2=C(Cl)C3=NC(=C(Br)C4=NC(=C(Br)C5=NC(=C(Cl)C1=N2)C(Br)=C5Br)C(Br)=C4Br)C(Br)=C3Br. The molecule has 0 aromatic heterocycles. The molecule has 0 radical (unpaired) electrons. The van der Waals surface area contributed by atoms with Crippen LogP contribution in [0.1, 0.15) is 0 Å². The minimum atomic E-state index is 0.137. The van der Waals surface area contributed by atoms with Gasteiger partial charge in [0.25, 0.3) is 0 Å². The van der Waals surface area contributed by atoms with E-state index in [0.717, 1.165) is 0 Å². The first-order valence-corrected chi connectivity index (χ1v) is 16.9. The second-order valence-electron chi connectivity index (χ2n) is 7.00. The molecule has 0 aromatic rings. The molecule has 0 amide bonds. The van der Waals surface area contributed by atoms with Crippen LogP contribution in [0.2, 0.25) is 0 Å². The van der Waals surface area contributed by atoms with Crippen LogP contribution in [0.5, 0.6) is 0 Å². The largest absolute Gasteiger partial charge is 0.244 e. The van der Waals surface area contributed by atoms with Gasteiger partial charge in [0.05, 0.1) is 78.8 Å². The summed E-state index contributed by atoms with van der Waals surface area (Å²) in [4.78, 5) is 18.9. The van der Waals surface area contributed by atoms with Gasteiger partial charge in [0.2, 0.25) is 0 Å². The van der Waals surface area contributed by atoms with Gasteiger partial charge in [-0.05, 0) is 127 Å². The topological polar surface area (TPSA) is 49.4 Å². The fourth-order valence-corrected chi connectivity index (χ4v) is 9.67. The normalized spacial score (nSPS) is 22.8. The Bertz CT molecular complexity index is 1390. The monoisotopic (exact) mass is 1070 g/mol. The van der Waals surface area contributed by atoms with Crippen molar-refractivity contribution in [2.75, 3.05) is 0 Å². The first-order chi connectivity index (χ1) is 16.9. The number of allylic oxidation sites excluding steroid dienone is 12. The zero-order valence-electron chi connectivity index (χ0n) is 16.3. The summed E-state index contributed by atoms with van der Waals surface area (Å²) in [7, 11) is 0. The van der Waals surface area contributed by atoms with Gasteiger partial charge in [-0.2, -0.15) is 0 Å². The maximum atomic E-state index is 6.78. The van der Waals surface area contributed by atoms with Gasteiger partial charge in [0.15, 0.2) is 0 Å². The fourth-order valence-electron chi connectivity index (χ4n) is 3.28. The second-order valence-corrected chi connectivity index (χ2v) is 14.9. The van der Waals surface area contributed by atoms with Gasteiger partial charge in [0, 0.05) is 0 Å². The number of halogens is 12. The average Bonchev–Trinajstić information content (AvgIpc) is 3.52. The molecule has 0 saturated heterocycles. The molecule has 0 aliphatic carbocycles. The summed E-state index contributed by atoms with van der Waals surface area (Å²) in [6.07, 6.45) is 0. The predicted octanol–water partition coefficient (Wildman–Crippen LogP) is 11.6. The number of aliphatic imine (C=N–C) groups is 4. The van der Waals surface area contributed by atoms with E-state index in [4.69, 9.17) is 61.4 Å². The van der Waals surface area contributed by atoms with Crippen LogP contribution in [0.4, 0.5) is 0 Å². The Morgan fingerprint density at radius 3 is 1.19 bits per heavy atom. The molecular weight excluding hydrogens is 1080 g/mol. The van der Waals surface area contributed by atoms with Crippen molar-refractivity contribution in [1.29, 1.82) is 0 Å². The lowest BCUT2D eigenvalue weighted by molar-refractivity contribution is 1.38. The highest BCUT2D eigenvalue weighted by Crippen LogP contribution is 2.49. The molecular formula is C20Br8Cl4N4. The molecule has 0 spiro atoms. The number of nitrogens with zero attached hydrogens (tertiary/aromatic N) is 4. The van der Waals surface area contributed by atoms with Crippen LogP contribution in [0.25, 0.3) is 0 Å². The van der Waals surface area contributed by atoms with E-state index in [9.17, 15) is 0 Å². The lowest BCUT2D eigenvalue weighted by Gasteiger charge is -2.04. The van der Waals surface area contributed by atoms with Gasteiger partial charge in [-0.25, -0.2) is 20.0 Å². The molecule has 184 valence electrons. The van der Waals surface area contributed by atoms with Crippen molar-refractivity contribution in [3.8, 4) is 0 Å². The number of hydrogen-bond donors (Lipinski definition) is 0. The lowest BCUT2D eigenvalue weighted by Crippen LogP contribution is -2.00. The van der Waals surface area contributed by atoms with E-state index in [-0.39, 0.29) is 31.5 Å². The highest BCUT2D eigenvalue weighted by molar-refractivity contribution is 9.15. The molecule has 4 nitrogen and oxygen atoms in total. The molecule has 0 saturated carbocycles. The molecule has 0 atom stereocenters. The fraction of sp³-hybridized carbons (Fsp3) is 0. The number of fused-ring (bicyclic) bond motifs is 4. The Morgan fingerprint density at radius 2 is 0.667 bits per heavy atom. The minimum absolute atomic E-state index is 0.137. The number of rotatable bonds is 0. The van der Waals surface area contributed by atoms with Crippen molar-refractivity contribution >= 4 is 197 Å². The molecule has 5 aliphatic heterocycles. The summed E-state index contributed by atoms with van der Waals surface area (Å²) in [5.74, 6) is 0. The zero-order chi connectivity index (χ0) is 26.4. The highest BCUT2D eigenvalue weighted by atomic mass is 79.9. The van der Waals surface area contributed by atoms with Crippen molar-refractivity contribution in [3.05, 3.63) is 78.8 Å². The molecule has 36 heavy (non-hydrogen) atoms. The lowest BCUT2D eigenvalue weighted by atomic mass is 10.2. The third kappa shape index (κ3) is 4.47. The third-order valence-electron chi connectivity index (χ3n) is 4.99. The van der Waals surface area contributed by atoms with Crippen LogP contribution in [-0.4, -0.2) is 22.8 Å². The smallest absolute Gasteiger partial charge is 0.105 e. The molecule has 16 heteroatoms. The Morgan fingerprint density at radius 1 is 0.306 bits per heavy atom. The molecule has 0 aromatic carbocycles. The minimum Gasteiger partial charge on any atom is -0.244 e. The second kappa shape index (κ2) is 10.8. The Labute approximate surface area is 291 Å². The average molecular weight is 1080 g/mol. The first kappa shape index (κ1) is 29.1. The van der Waals surface area contributed by atoms with Crippen molar-refractivity contribution in [2.45, 2.75) is 0 Å². The van der Waals surface area contributed by atoms with Gasteiger partial charge in [-0.15, -0.1) is 0 Å². The predicted molar refractivity (Wildman–Crippen MR) is 181 cm³/mol. The summed E-state index contributed by atoms with van der Waals surface area (Å²) in [6.45, 7) is 0. The van der Waals surface area contributed by atoms with Gasteiger partial charge >= 0.3 is 0 Å². The molecule has 5 heterocycles. The maximum Gasteiger partial charge on any atom is 0.105 e. The molecule has 0 fully saturated rings. The van der Waals surface area contributed by atoms with Crippen molar-refractivity contribution in [1.82, 2.24) is 0 Å². The summed E-state index contributed by atoms with van der Waals surface area (Å²) < 4.78 is 5.10. The Balaban J connectivity index is 1.93. The Kier molecular flexibility index (Phi) is 8.71. The quantitative estimate of drug-likeness (QED) is 0.232. The van der Waals surface area contributed by atoms with Crippen LogP contribution in [0, 0.1) is 0 Å². The van der Waals surface area contributed by atoms with Crippen molar-refractivity contribution < 1.29 is 0 Å². The van der Waals surface area contributed by atoms with Gasteiger partial charge in [-0.3, -0.25) is 0 Å². The zero-order valence-corrected chi connectivity index (χ0v) is 32.0. The summed E-state index contributed by atoms with van der Waals surface area (Å²) >= 11 is 55.6. The molecule has 8 bridgehead atoms. The van der Waals surface area contributed by atoms with Gasteiger partial charge in [-0.1, -0.05) is 46.4 Å². The summed E-state index contributed by atoms with van der Waals surface area (Å²) in [5.41, 5.74) is 3.53. The summed E-state index contributed by atoms with van der Waals surface area (Å²) in [6, 6.07) is 0. The standard InChI is InChI=1S/C20Br8Cl4N4/c21-1-2(22)14-8(28)16-4(24)6(26)18(35-16)12(32)20-10(30)9(29)19(36-20)11(31)17-5(25)3(23)15(34-17)7(27)13(1)33-14. The molecule has 5 aliphatic rings. The highest BCUT2D eigenvalue weighted by Gasteiger charge is 2.36. The molecule has 0 unspecified atom stereocenters. The van der Waals surface area contributed by atoms with Crippen LogP contribution in [-0.2, 0) is 0 Å². The van der Waals surface area contributed by atoms with Crippen molar-refractivity contribution in [2.24, 2.45) is 20.0 Å². The molecule has 0 N–H and O–H groups in total. The molecule has 5 rings (SSSR count). The van der Waals surface area contributed by atoms with E-state index in [2.05, 4.69) is 132 Å². The van der Waals surface area contributed by atoms with E-state index in [1.54, 1.807) is 0 Å². The maximum absolute atomic E-state index is 6.78. The van der Waals surface area contributed by atoms with Crippen molar-refractivity contribution in [3.63, 3.8) is 0 Å². The summed E-state index contributed by atoms with van der Waals surface area (Å²) in [5, 5.41) is 0.622.